The zero-order valence-electron chi connectivity index (χ0n) is 15.7. The van der Waals surface area contributed by atoms with E-state index in [0.717, 1.165) is 29.3 Å². The Morgan fingerprint density at radius 2 is 2.07 bits per heavy atom. The minimum Gasteiger partial charge on any atom is -0.478 e. The van der Waals surface area contributed by atoms with Gasteiger partial charge in [0.2, 0.25) is 5.88 Å². The highest BCUT2D eigenvalue weighted by atomic mass is 35.5. The molecule has 0 bridgehead atoms. The summed E-state index contributed by atoms with van der Waals surface area (Å²) in [6.07, 6.45) is 3.60. The molecule has 28 heavy (non-hydrogen) atoms. The number of aromatic nitrogens is 2. The van der Waals surface area contributed by atoms with Crippen molar-refractivity contribution in [2.75, 3.05) is 12.5 Å². The summed E-state index contributed by atoms with van der Waals surface area (Å²) in [4.78, 5) is 22.0. The molecule has 2 heterocycles. The van der Waals surface area contributed by atoms with Crippen molar-refractivity contribution >= 4 is 28.4 Å². The van der Waals surface area contributed by atoms with Crippen LogP contribution in [-0.2, 0) is 0 Å². The van der Waals surface area contributed by atoms with Crippen LogP contribution in [0.2, 0.25) is 0 Å². The lowest BCUT2D eigenvalue weighted by Crippen LogP contribution is -2.44. The first-order valence-corrected chi connectivity index (χ1v) is 10.1. The van der Waals surface area contributed by atoms with Crippen LogP contribution >= 0.6 is 11.6 Å². The maximum atomic E-state index is 13.0. The molecule has 1 fully saturated rings. The van der Waals surface area contributed by atoms with Gasteiger partial charge in [-0.15, -0.1) is 11.6 Å². The summed E-state index contributed by atoms with van der Waals surface area (Å²) >= 11 is 5.88. The van der Waals surface area contributed by atoms with Crippen LogP contribution in [0.4, 0.5) is 0 Å². The number of ether oxygens (including phenoxy) is 1. The van der Waals surface area contributed by atoms with Gasteiger partial charge in [-0.2, -0.15) is 0 Å². The highest BCUT2D eigenvalue weighted by Crippen LogP contribution is 2.30. The van der Waals surface area contributed by atoms with E-state index in [1.54, 1.807) is 6.20 Å². The number of nitrogens with one attached hydrogen (secondary N) is 1. The number of nitrogens with zero attached hydrogens (tertiary/aromatic N) is 2. The molecule has 1 aromatic carbocycles. The van der Waals surface area contributed by atoms with Crippen LogP contribution in [0.1, 0.15) is 30.1 Å². The maximum Gasteiger partial charge on any atom is 0.252 e. The number of fused-ring (bicyclic) bond motifs is 1. The summed E-state index contributed by atoms with van der Waals surface area (Å²) in [6, 6.07) is 13.5. The van der Waals surface area contributed by atoms with Gasteiger partial charge in [0.1, 0.15) is 0 Å². The van der Waals surface area contributed by atoms with E-state index in [2.05, 4.69) is 10.3 Å². The molecule has 5 nitrogen and oxygen atoms in total. The molecule has 4 rings (SSSR count). The lowest BCUT2D eigenvalue weighted by molar-refractivity contribution is 0.0898. The van der Waals surface area contributed by atoms with Gasteiger partial charge in [-0.05, 0) is 43.9 Å². The second-order valence-electron chi connectivity index (χ2n) is 7.05. The topological polar surface area (TPSA) is 64.1 Å². The molecule has 0 saturated heterocycles. The van der Waals surface area contributed by atoms with Crippen molar-refractivity contribution in [3.63, 3.8) is 0 Å². The summed E-state index contributed by atoms with van der Waals surface area (Å²) in [5, 5.41) is 3.98. The summed E-state index contributed by atoms with van der Waals surface area (Å²) in [7, 11) is 0. The van der Waals surface area contributed by atoms with Crippen LogP contribution < -0.4 is 10.1 Å². The Labute approximate surface area is 169 Å². The zero-order chi connectivity index (χ0) is 19.5. The Hall–Kier alpha value is -2.66. The van der Waals surface area contributed by atoms with E-state index in [0.29, 0.717) is 35.5 Å². The lowest BCUT2D eigenvalue weighted by Gasteiger charge is -2.34. The van der Waals surface area contributed by atoms with E-state index in [-0.39, 0.29) is 11.9 Å². The van der Waals surface area contributed by atoms with Gasteiger partial charge in [0.25, 0.3) is 5.91 Å². The number of carbonyl (C=O) groups excluding carboxylic acids is 1. The van der Waals surface area contributed by atoms with Crippen LogP contribution in [0.5, 0.6) is 5.88 Å². The Kier molecular flexibility index (Phi) is 5.44. The zero-order valence-corrected chi connectivity index (χ0v) is 16.4. The van der Waals surface area contributed by atoms with Gasteiger partial charge in [0.15, 0.2) is 0 Å². The Morgan fingerprint density at radius 3 is 2.79 bits per heavy atom. The average Bonchev–Trinajstić information content (AvgIpc) is 2.70. The maximum absolute atomic E-state index is 13.0. The molecule has 6 heteroatoms. The Morgan fingerprint density at radius 1 is 1.25 bits per heavy atom. The van der Waals surface area contributed by atoms with E-state index in [1.807, 2.05) is 49.4 Å². The van der Waals surface area contributed by atoms with Gasteiger partial charge < -0.3 is 10.1 Å². The molecular weight excluding hydrogens is 374 g/mol. The average molecular weight is 396 g/mol. The third-order valence-corrected chi connectivity index (χ3v) is 5.51. The Bertz CT molecular complexity index is 985. The summed E-state index contributed by atoms with van der Waals surface area (Å²) < 4.78 is 5.40. The standard InChI is InChI=1S/C22H22ClN3O2/c1-2-28-21-8-7-15(13-24-21)20-11-18(17-5-3-4-6-19(17)26-20)22(27)25-16-9-14(10-16)12-23/h3-8,11,13-14,16H,2,9-10,12H2,1H3,(H,25,27). The number of hydrogen-bond acceptors (Lipinski definition) is 4. The van der Waals surface area contributed by atoms with Crippen LogP contribution in [-0.4, -0.2) is 34.4 Å². The molecule has 0 spiro atoms. The van der Waals surface area contributed by atoms with Crippen molar-refractivity contribution in [3.8, 4) is 17.1 Å². The molecule has 0 atom stereocenters. The fraction of sp³-hybridized carbons (Fsp3) is 0.318. The molecule has 0 unspecified atom stereocenters. The fourth-order valence-corrected chi connectivity index (χ4v) is 3.77. The monoisotopic (exact) mass is 395 g/mol. The van der Waals surface area contributed by atoms with Crippen molar-refractivity contribution in [3.05, 3.63) is 54.2 Å². The third-order valence-electron chi connectivity index (χ3n) is 5.07. The number of hydrogen-bond donors (Lipinski definition) is 1. The van der Waals surface area contributed by atoms with Crippen molar-refractivity contribution in [1.82, 2.24) is 15.3 Å². The molecule has 0 aliphatic heterocycles. The number of para-hydroxylation sites is 1. The number of halogens is 1. The fourth-order valence-electron chi connectivity index (χ4n) is 3.52. The van der Waals surface area contributed by atoms with E-state index in [9.17, 15) is 4.79 Å². The quantitative estimate of drug-likeness (QED) is 0.626. The normalized spacial score (nSPS) is 18.5. The van der Waals surface area contributed by atoms with Crippen LogP contribution in [0, 0.1) is 5.92 Å². The SMILES string of the molecule is CCOc1ccc(-c2cc(C(=O)NC3CC(CCl)C3)c3ccccc3n2)cn1. The molecule has 1 N–H and O–H groups in total. The number of rotatable bonds is 6. The number of amides is 1. The molecule has 1 amide bonds. The van der Waals surface area contributed by atoms with Gasteiger partial charge in [0.05, 0.1) is 23.4 Å². The lowest BCUT2D eigenvalue weighted by atomic mass is 9.81. The third kappa shape index (κ3) is 3.80. The van der Waals surface area contributed by atoms with Crippen molar-refractivity contribution < 1.29 is 9.53 Å². The molecule has 1 saturated carbocycles. The first-order chi connectivity index (χ1) is 13.7. The predicted molar refractivity (Wildman–Crippen MR) is 111 cm³/mol. The van der Waals surface area contributed by atoms with E-state index in [1.165, 1.54) is 0 Å². The van der Waals surface area contributed by atoms with Crippen molar-refractivity contribution in [2.45, 2.75) is 25.8 Å². The molecule has 3 aromatic rings. The van der Waals surface area contributed by atoms with Crippen molar-refractivity contribution in [2.24, 2.45) is 5.92 Å². The van der Waals surface area contributed by atoms with E-state index in [4.69, 9.17) is 21.3 Å². The molecule has 1 aliphatic carbocycles. The number of benzene rings is 1. The van der Waals surface area contributed by atoms with E-state index < -0.39 is 0 Å². The summed E-state index contributed by atoms with van der Waals surface area (Å²) in [5.74, 6) is 1.66. The highest BCUT2D eigenvalue weighted by molar-refractivity contribution is 6.18. The first-order valence-electron chi connectivity index (χ1n) is 9.53. The summed E-state index contributed by atoms with van der Waals surface area (Å²) in [5.41, 5.74) is 2.97. The van der Waals surface area contributed by atoms with E-state index >= 15 is 0 Å². The van der Waals surface area contributed by atoms with Gasteiger partial charge in [-0.25, -0.2) is 9.97 Å². The predicted octanol–water partition coefficient (Wildman–Crippen LogP) is 4.44. The second kappa shape index (κ2) is 8.15. The van der Waals surface area contributed by atoms with Crippen LogP contribution in [0.3, 0.4) is 0 Å². The highest BCUT2D eigenvalue weighted by Gasteiger charge is 2.30. The van der Waals surface area contributed by atoms with Crippen LogP contribution in [0.15, 0.2) is 48.7 Å². The van der Waals surface area contributed by atoms with Crippen LogP contribution in [0.25, 0.3) is 22.2 Å². The first kappa shape index (κ1) is 18.7. The largest absolute Gasteiger partial charge is 0.478 e. The number of alkyl halides is 1. The second-order valence-corrected chi connectivity index (χ2v) is 7.36. The molecule has 0 radical (unpaired) electrons. The minimum absolute atomic E-state index is 0.0724. The Balaban J connectivity index is 1.66. The molecular formula is C22H22ClN3O2. The number of pyridine rings is 2. The van der Waals surface area contributed by atoms with Gasteiger partial charge >= 0.3 is 0 Å². The van der Waals surface area contributed by atoms with Gasteiger partial charge in [-0.3, -0.25) is 4.79 Å². The summed E-state index contributed by atoms with van der Waals surface area (Å²) in [6.45, 7) is 2.49. The van der Waals surface area contributed by atoms with Gasteiger partial charge in [0, 0.05) is 35.1 Å². The number of carbonyl (C=O) groups is 1. The smallest absolute Gasteiger partial charge is 0.252 e. The van der Waals surface area contributed by atoms with Gasteiger partial charge in [-0.1, -0.05) is 18.2 Å². The molecule has 1 aliphatic rings. The minimum atomic E-state index is -0.0724. The molecule has 2 aromatic heterocycles. The van der Waals surface area contributed by atoms with Crippen molar-refractivity contribution in [1.29, 1.82) is 0 Å². The molecule has 144 valence electrons.